The molecule has 0 fully saturated rings. The molecule has 10 heavy (non-hydrogen) atoms. The van der Waals surface area contributed by atoms with Gasteiger partial charge in [-0.15, -0.1) is 0 Å². The summed E-state index contributed by atoms with van der Waals surface area (Å²) >= 11 is 2.10. The van der Waals surface area contributed by atoms with Crippen LogP contribution in [0.15, 0.2) is 0 Å². The first kappa shape index (κ1) is 13.5. The van der Waals surface area contributed by atoms with Gasteiger partial charge in [-0.3, -0.25) is 0 Å². The SMILES string of the molecule is CCCCSCCCC.[Li]. The van der Waals surface area contributed by atoms with Crippen LogP contribution in [0, 0.1) is 0 Å². The monoisotopic (exact) mass is 153 g/mol. The van der Waals surface area contributed by atoms with E-state index in [1.807, 2.05) is 0 Å². The smallest absolute Gasteiger partial charge is 0 e. The van der Waals surface area contributed by atoms with Gasteiger partial charge >= 0.3 is 0 Å². The van der Waals surface area contributed by atoms with E-state index in [0.717, 1.165) is 0 Å². The van der Waals surface area contributed by atoms with Gasteiger partial charge in [-0.1, -0.05) is 26.7 Å². The van der Waals surface area contributed by atoms with Crippen molar-refractivity contribution < 1.29 is 0 Å². The maximum Gasteiger partial charge on any atom is 0 e. The van der Waals surface area contributed by atoms with Crippen LogP contribution in [0.5, 0.6) is 0 Å². The summed E-state index contributed by atoms with van der Waals surface area (Å²) in [4.78, 5) is 0. The van der Waals surface area contributed by atoms with Gasteiger partial charge in [0.25, 0.3) is 0 Å². The summed E-state index contributed by atoms with van der Waals surface area (Å²) in [6.07, 6.45) is 5.49. The van der Waals surface area contributed by atoms with Crippen LogP contribution in [0.1, 0.15) is 39.5 Å². The average Bonchev–Trinajstić information content (AvgIpc) is 1.89. The summed E-state index contributed by atoms with van der Waals surface area (Å²) in [6, 6.07) is 0. The molecule has 0 bridgehead atoms. The van der Waals surface area contributed by atoms with Crippen LogP contribution >= 0.6 is 11.8 Å². The zero-order valence-electron chi connectivity index (χ0n) is 7.65. The summed E-state index contributed by atoms with van der Waals surface area (Å²) in [5.41, 5.74) is 0. The number of hydrogen-bond acceptors (Lipinski definition) is 1. The zero-order valence-corrected chi connectivity index (χ0v) is 8.47. The molecule has 0 saturated carbocycles. The van der Waals surface area contributed by atoms with Crippen molar-refractivity contribution in [1.29, 1.82) is 0 Å². The predicted octanol–water partition coefficient (Wildman–Crippen LogP) is 2.94. The maximum absolute atomic E-state index is 2.25. The first-order chi connectivity index (χ1) is 4.41. The Hall–Kier alpha value is 0.947. The fourth-order valence-electron chi connectivity index (χ4n) is 0.595. The predicted molar refractivity (Wildman–Crippen MR) is 52.9 cm³/mol. The Morgan fingerprint density at radius 2 is 1.30 bits per heavy atom. The largest absolute Gasteiger partial charge is 0.162 e. The minimum absolute atomic E-state index is 0. The molecule has 0 atom stereocenters. The van der Waals surface area contributed by atoms with Gasteiger partial charge in [-0.05, 0) is 24.3 Å². The third-order valence-electron chi connectivity index (χ3n) is 1.28. The second-order valence-corrected chi connectivity index (χ2v) is 3.54. The molecule has 0 aromatic rings. The van der Waals surface area contributed by atoms with Gasteiger partial charge in [0.1, 0.15) is 0 Å². The van der Waals surface area contributed by atoms with Gasteiger partial charge < -0.3 is 0 Å². The van der Waals surface area contributed by atoms with Gasteiger partial charge in [0, 0.05) is 18.9 Å². The molecule has 0 nitrogen and oxygen atoms in total. The van der Waals surface area contributed by atoms with Crippen LogP contribution in [0.4, 0.5) is 0 Å². The molecule has 1 radical (unpaired) electrons. The maximum atomic E-state index is 2.25. The minimum atomic E-state index is 0. The first-order valence-corrected chi connectivity index (χ1v) is 5.15. The van der Waals surface area contributed by atoms with E-state index in [1.165, 1.54) is 37.2 Å². The number of unbranched alkanes of at least 4 members (excludes halogenated alkanes) is 2. The fourth-order valence-corrected chi connectivity index (χ4v) is 1.78. The van der Waals surface area contributed by atoms with E-state index in [1.54, 1.807) is 0 Å². The Morgan fingerprint density at radius 1 is 0.900 bits per heavy atom. The van der Waals surface area contributed by atoms with Crippen LogP contribution in [0.2, 0.25) is 0 Å². The summed E-state index contributed by atoms with van der Waals surface area (Å²) < 4.78 is 0. The standard InChI is InChI=1S/C8H18S.Li/c1-3-5-7-9-8-6-4-2;/h3-8H2,1-2H3;. The Kier molecular flexibility index (Phi) is 17.1. The Balaban J connectivity index is 0. The van der Waals surface area contributed by atoms with Crippen molar-refractivity contribution in [2.45, 2.75) is 39.5 Å². The van der Waals surface area contributed by atoms with Crippen LogP contribution in [-0.2, 0) is 0 Å². The second-order valence-electron chi connectivity index (χ2n) is 2.32. The molecule has 0 aliphatic carbocycles. The molecule has 0 spiro atoms. The van der Waals surface area contributed by atoms with E-state index >= 15 is 0 Å². The Morgan fingerprint density at radius 3 is 1.60 bits per heavy atom. The molecular weight excluding hydrogens is 135 g/mol. The van der Waals surface area contributed by atoms with Crippen molar-refractivity contribution in [2.24, 2.45) is 0 Å². The van der Waals surface area contributed by atoms with Gasteiger partial charge in [-0.25, -0.2) is 0 Å². The molecule has 0 aliphatic heterocycles. The van der Waals surface area contributed by atoms with Crippen molar-refractivity contribution in [2.75, 3.05) is 11.5 Å². The van der Waals surface area contributed by atoms with Crippen LogP contribution in [0.3, 0.4) is 0 Å². The first-order valence-electron chi connectivity index (χ1n) is 3.99. The number of rotatable bonds is 6. The van der Waals surface area contributed by atoms with Crippen molar-refractivity contribution in [1.82, 2.24) is 0 Å². The summed E-state index contributed by atoms with van der Waals surface area (Å²) in [5.74, 6) is 2.74. The van der Waals surface area contributed by atoms with Crippen LogP contribution in [-0.4, -0.2) is 30.4 Å². The van der Waals surface area contributed by atoms with Gasteiger partial charge in [0.05, 0.1) is 0 Å². The molecule has 57 valence electrons. The number of hydrogen-bond donors (Lipinski definition) is 0. The molecule has 0 N–H and O–H groups in total. The second kappa shape index (κ2) is 12.6. The minimum Gasteiger partial charge on any atom is -0.162 e. The van der Waals surface area contributed by atoms with Gasteiger partial charge in [-0.2, -0.15) is 11.8 Å². The summed E-state index contributed by atoms with van der Waals surface area (Å²) in [5, 5.41) is 0. The molecule has 0 aromatic heterocycles. The van der Waals surface area contributed by atoms with E-state index in [9.17, 15) is 0 Å². The molecule has 0 amide bonds. The zero-order chi connectivity index (χ0) is 6.95. The van der Waals surface area contributed by atoms with Crippen molar-refractivity contribution in [3.8, 4) is 0 Å². The van der Waals surface area contributed by atoms with Gasteiger partial charge in [0.15, 0.2) is 0 Å². The number of thioether (sulfide) groups is 1. The van der Waals surface area contributed by atoms with E-state index in [0.29, 0.717) is 0 Å². The molecule has 0 heterocycles. The topological polar surface area (TPSA) is 0 Å². The summed E-state index contributed by atoms with van der Waals surface area (Å²) in [7, 11) is 0. The molecule has 0 aromatic carbocycles. The van der Waals surface area contributed by atoms with Gasteiger partial charge in [0.2, 0.25) is 0 Å². The van der Waals surface area contributed by atoms with Crippen molar-refractivity contribution >= 4 is 30.6 Å². The van der Waals surface area contributed by atoms with E-state index in [-0.39, 0.29) is 18.9 Å². The van der Waals surface area contributed by atoms with E-state index in [4.69, 9.17) is 0 Å². The summed E-state index contributed by atoms with van der Waals surface area (Å²) in [6.45, 7) is 4.50. The van der Waals surface area contributed by atoms with Crippen LogP contribution in [0.25, 0.3) is 0 Å². The van der Waals surface area contributed by atoms with Crippen LogP contribution < -0.4 is 0 Å². The normalized spacial score (nSPS) is 9.00. The molecule has 0 saturated heterocycles. The Bertz CT molecular complexity index is 42.5. The van der Waals surface area contributed by atoms with Crippen molar-refractivity contribution in [3.05, 3.63) is 0 Å². The third kappa shape index (κ3) is 11.7. The third-order valence-corrected chi connectivity index (χ3v) is 2.44. The Labute approximate surface area is 81.7 Å². The fraction of sp³-hybridized carbons (Fsp3) is 1.00. The quantitative estimate of drug-likeness (QED) is 0.417. The molecule has 2 heteroatoms. The molecule has 0 rings (SSSR count). The van der Waals surface area contributed by atoms with Crippen molar-refractivity contribution in [3.63, 3.8) is 0 Å². The molecular formula is C8H18LiS. The molecule has 0 aliphatic rings. The average molecular weight is 153 g/mol. The van der Waals surface area contributed by atoms with E-state index in [2.05, 4.69) is 25.6 Å². The molecule has 0 unspecified atom stereocenters. The van der Waals surface area contributed by atoms with E-state index < -0.39 is 0 Å².